The second-order valence-electron chi connectivity index (χ2n) is 6.27. The highest BCUT2D eigenvalue weighted by atomic mass is 32.2. The summed E-state index contributed by atoms with van der Waals surface area (Å²) in [6, 6.07) is 28.6. The van der Waals surface area contributed by atoms with Gasteiger partial charge in [0, 0.05) is 11.1 Å². The molecular weight excluding hydrogens is 384 g/mol. The molecule has 0 bridgehead atoms. The summed E-state index contributed by atoms with van der Waals surface area (Å²) >= 11 is 0. The fourth-order valence-corrected chi connectivity index (χ4v) is 4.08. The van der Waals surface area contributed by atoms with Gasteiger partial charge in [0.05, 0.1) is 4.90 Å². The van der Waals surface area contributed by atoms with E-state index in [0.717, 1.165) is 11.1 Å². The fourth-order valence-electron chi connectivity index (χ4n) is 3.06. The summed E-state index contributed by atoms with van der Waals surface area (Å²) in [5.74, 6) is 0.327. The summed E-state index contributed by atoms with van der Waals surface area (Å²) in [6.45, 7) is 0. The number of furan rings is 1. The number of hydrogen-bond donors (Lipinski definition) is 1. The highest BCUT2D eigenvalue weighted by molar-refractivity contribution is 7.92. The first kappa shape index (κ1) is 18.5. The van der Waals surface area contributed by atoms with E-state index >= 15 is 0 Å². The van der Waals surface area contributed by atoms with E-state index in [1.165, 1.54) is 12.1 Å². The van der Waals surface area contributed by atoms with Crippen LogP contribution in [0.2, 0.25) is 0 Å². The van der Waals surface area contributed by atoms with E-state index in [2.05, 4.69) is 10.8 Å². The Balaban J connectivity index is 1.90. The normalized spacial score (nSPS) is 11.0. The molecule has 0 aliphatic heterocycles. The highest BCUT2D eigenvalue weighted by Gasteiger charge is 2.26. The minimum absolute atomic E-state index is 0.0859. The van der Waals surface area contributed by atoms with Crippen LogP contribution in [0.1, 0.15) is 5.56 Å². The first-order chi connectivity index (χ1) is 14.1. The molecule has 1 aromatic heterocycles. The van der Waals surface area contributed by atoms with Crippen LogP contribution in [0.3, 0.4) is 0 Å². The molecule has 3 aromatic carbocycles. The summed E-state index contributed by atoms with van der Waals surface area (Å²) in [7, 11) is -3.91. The molecule has 0 spiro atoms. The SMILES string of the molecule is N#Cc1c(NS(=O)(=O)c2ccccc2)oc(-c2ccccc2)c1-c1ccccc1. The van der Waals surface area contributed by atoms with Gasteiger partial charge in [0.25, 0.3) is 10.0 Å². The number of hydrogen-bond acceptors (Lipinski definition) is 4. The molecule has 0 aliphatic rings. The molecule has 5 nitrogen and oxygen atoms in total. The van der Waals surface area contributed by atoms with E-state index in [-0.39, 0.29) is 16.3 Å². The Morgan fingerprint density at radius 3 is 1.83 bits per heavy atom. The van der Waals surface area contributed by atoms with Gasteiger partial charge >= 0.3 is 0 Å². The van der Waals surface area contributed by atoms with Crippen molar-refractivity contribution in [3.05, 3.63) is 96.6 Å². The third kappa shape index (κ3) is 3.64. The zero-order valence-electron chi connectivity index (χ0n) is 15.2. The lowest BCUT2D eigenvalue weighted by Gasteiger charge is -2.05. The van der Waals surface area contributed by atoms with Gasteiger partial charge in [-0.1, -0.05) is 78.9 Å². The molecule has 0 amide bonds. The summed E-state index contributed by atoms with van der Waals surface area (Å²) < 4.78 is 33.9. The summed E-state index contributed by atoms with van der Waals surface area (Å²) in [6.07, 6.45) is 0. The van der Waals surface area contributed by atoms with Gasteiger partial charge in [-0.2, -0.15) is 5.26 Å². The van der Waals surface area contributed by atoms with E-state index < -0.39 is 10.0 Å². The van der Waals surface area contributed by atoms with Crippen molar-refractivity contribution < 1.29 is 12.8 Å². The summed E-state index contributed by atoms with van der Waals surface area (Å²) in [5, 5.41) is 9.84. The molecule has 4 rings (SSSR count). The molecule has 0 fully saturated rings. The Hall–Kier alpha value is -3.82. The molecule has 0 radical (unpaired) electrons. The van der Waals surface area contributed by atoms with E-state index in [1.54, 1.807) is 18.2 Å². The number of nitriles is 1. The van der Waals surface area contributed by atoms with Crippen LogP contribution in [0.25, 0.3) is 22.5 Å². The number of anilines is 1. The molecule has 142 valence electrons. The number of benzene rings is 3. The number of sulfonamides is 1. The van der Waals surface area contributed by atoms with Gasteiger partial charge in [-0.25, -0.2) is 13.1 Å². The van der Waals surface area contributed by atoms with Crippen molar-refractivity contribution in [3.8, 4) is 28.5 Å². The standard InChI is InChI=1S/C23H16N2O3S/c24-16-20-21(17-10-4-1-5-11-17)22(18-12-6-2-7-13-18)28-23(20)25-29(26,27)19-14-8-3-9-15-19/h1-15,25H. The second-order valence-corrected chi connectivity index (χ2v) is 7.96. The first-order valence-electron chi connectivity index (χ1n) is 8.86. The minimum atomic E-state index is -3.91. The Labute approximate surface area is 168 Å². The molecule has 4 aromatic rings. The molecule has 29 heavy (non-hydrogen) atoms. The first-order valence-corrected chi connectivity index (χ1v) is 10.3. The molecule has 0 atom stereocenters. The quantitative estimate of drug-likeness (QED) is 0.494. The van der Waals surface area contributed by atoms with Crippen molar-refractivity contribution in [2.45, 2.75) is 4.90 Å². The summed E-state index contributed by atoms with van der Waals surface area (Å²) in [5.41, 5.74) is 2.18. The van der Waals surface area contributed by atoms with Crippen molar-refractivity contribution in [2.75, 3.05) is 4.72 Å². The lowest BCUT2D eigenvalue weighted by molar-refractivity contribution is 0.584. The number of rotatable bonds is 5. The average Bonchev–Trinajstić information content (AvgIpc) is 3.13. The van der Waals surface area contributed by atoms with Crippen molar-refractivity contribution >= 4 is 15.9 Å². The Morgan fingerprint density at radius 2 is 1.28 bits per heavy atom. The van der Waals surface area contributed by atoms with Crippen LogP contribution < -0.4 is 4.72 Å². The van der Waals surface area contributed by atoms with E-state index in [1.807, 2.05) is 60.7 Å². The Kier molecular flexibility index (Phi) is 4.90. The molecule has 6 heteroatoms. The molecule has 0 saturated heterocycles. The van der Waals surface area contributed by atoms with Crippen LogP contribution in [-0.2, 0) is 10.0 Å². The van der Waals surface area contributed by atoms with E-state index in [0.29, 0.717) is 11.3 Å². The van der Waals surface area contributed by atoms with Gasteiger partial charge in [0.2, 0.25) is 5.88 Å². The van der Waals surface area contributed by atoms with Crippen LogP contribution in [-0.4, -0.2) is 8.42 Å². The van der Waals surface area contributed by atoms with E-state index in [9.17, 15) is 13.7 Å². The van der Waals surface area contributed by atoms with Crippen molar-refractivity contribution in [3.63, 3.8) is 0 Å². The Morgan fingerprint density at radius 1 is 0.759 bits per heavy atom. The van der Waals surface area contributed by atoms with Gasteiger partial charge in [0.1, 0.15) is 17.4 Å². The minimum Gasteiger partial charge on any atom is -0.438 e. The van der Waals surface area contributed by atoms with Crippen LogP contribution in [0.4, 0.5) is 5.88 Å². The second kappa shape index (κ2) is 7.66. The van der Waals surface area contributed by atoms with Gasteiger partial charge in [-0.05, 0) is 17.7 Å². The zero-order valence-corrected chi connectivity index (χ0v) is 16.1. The molecule has 0 aliphatic carbocycles. The molecule has 0 unspecified atom stereocenters. The molecule has 1 N–H and O–H groups in total. The Bertz CT molecular complexity index is 1270. The largest absolute Gasteiger partial charge is 0.438 e. The van der Waals surface area contributed by atoms with Crippen molar-refractivity contribution in [2.24, 2.45) is 0 Å². The molecular formula is C23H16N2O3S. The predicted molar refractivity (Wildman–Crippen MR) is 112 cm³/mol. The maximum atomic E-state index is 12.8. The predicted octanol–water partition coefficient (Wildman–Crippen LogP) is 5.29. The molecule has 0 saturated carbocycles. The van der Waals surface area contributed by atoms with Crippen LogP contribution in [0.15, 0.2) is 100 Å². The van der Waals surface area contributed by atoms with Gasteiger partial charge < -0.3 is 4.42 Å². The van der Waals surface area contributed by atoms with Crippen molar-refractivity contribution in [1.29, 1.82) is 5.26 Å². The topological polar surface area (TPSA) is 83.1 Å². The lowest BCUT2D eigenvalue weighted by atomic mass is 9.98. The number of nitrogens with one attached hydrogen (secondary N) is 1. The molecule has 1 heterocycles. The third-order valence-corrected chi connectivity index (χ3v) is 5.75. The summed E-state index contributed by atoms with van der Waals surface area (Å²) in [4.78, 5) is 0.0859. The fraction of sp³-hybridized carbons (Fsp3) is 0. The van der Waals surface area contributed by atoms with Crippen LogP contribution in [0.5, 0.6) is 0 Å². The van der Waals surface area contributed by atoms with Crippen LogP contribution >= 0.6 is 0 Å². The van der Waals surface area contributed by atoms with Gasteiger partial charge in [-0.3, -0.25) is 0 Å². The third-order valence-electron chi connectivity index (χ3n) is 4.40. The average molecular weight is 400 g/mol. The highest BCUT2D eigenvalue weighted by Crippen LogP contribution is 2.41. The monoisotopic (exact) mass is 400 g/mol. The van der Waals surface area contributed by atoms with Gasteiger partial charge in [-0.15, -0.1) is 0 Å². The van der Waals surface area contributed by atoms with Crippen molar-refractivity contribution in [1.82, 2.24) is 0 Å². The van der Waals surface area contributed by atoms with E-state index in [4.69, 9.17) is 4.42 Å². The number of nitrogens with zero attached hydrogens (tertiary/aromatic N) is 1. The maximum Gasteiger partial charge on any atom is 0.264 e. The maximum absolute atomic E-state index is 12.8. The zero-order chi connectivity index (χ0) is 20.3. The van der Waals surface area contributed by atoms with Gasteiger partial charge in [0.15, 0.2) is 0 Å². The smallest absolute Gasteiger partial charge is 0.264 e. The lowest BCUT2D eigenvalue weighted by Crippen LogP contribution is -2.13. The van der Waals surface area contributed by atoms with Crippen LogP contribution in [0, 0.1) is 11.3 Å².